The van der Waals surface area contributed by atoms with Crippen molar-refractivity contribution in [2.75, 3.05) is 6.61 Å². The van der Waals surface area contributed by atoms with Crippen molar-refractivity contribution in [3.05, 3.63) is 0 Å². The number of ketones is 1. The van der Waals surface area contributed by atoms with E-state index in [-0.39, 0.29) is 35.6 Å². The Morgan fingerprint density at radius 1 is 1.30 bits per heavy atom. The molecule has 3 saturated carbocycles. The third kappa shape index (κ3) is 1.62. The number of fused-ring (bicyclic) bond motifs is 3. The first-order chi connectivity index (χ1) is 9.67. The largest absolute Gasteiger partial charge is 0.466 e. The maximum absolute atomic E-state index is 12.4. The molecule has 0 aromatic rings. The minimum absolute atomic E-state index is 0.00662. The highest BCUT2D eigenvalue weighted by Gasteiger charge is 2.75. The topological polar surface area (TPSA) is 61.8 Å². The molecule has 110 valence electrons. The van der Waals surface area contributed by atoms with Gasteiger partial charge in [0.05, 0.1) is 18.6 Å². The van der Waals surface area contributed by atoms with Crippen LogP contribution in [0.5, 0.6) is 0 Å². The lowest BCUT2D eigenvalue weighted by atomic mass is 9.94. The summed E-state index contributed by atoms with van der Waals surface area (Å²) in [6.07, 6.45) is 4.46. The third-order valence-electron chi connectivity index (χ3n) is 5.23. The fourth-order valence-corrected chi connectivity index (χ4v) is 4.30. The zero-order valence-corrected chi connectivity index (χ0v) is 11.7. The molecule has 4 fully saturated rings. The van der Waals surface area contributed by atoms with Crippen LogP contribution in [0.1, 0.15) is 39.0 Å². The van der Waals surface area contributed by atoms with E-state index in [1.165, 1.54) is 6.42 Å². The molecule has 0 aromatic heterocycles. The Labute approximate surface area is 117 Å². The van der Waals surface area contributed by atoms with E-state index >= 15 is 0 Å². The molecular formula is C15H20O5. The summed E-state index contributed by atoms with van der Waals surface area (Å²) < 4.78 is 17.2. The monoisotopic (exact) mass is 280 g/mol. The van der Waals surface area contributed by atoms with E-state index < -0.39 is 11.9 Å². The molecule has 0 amide bonds. The van der Waals surface area contributed by atoms with Crippen molar-refractivity contribution in [2.45, 2.75) is 57.0 Å². The summed E-state index contributed by atoms with van der Waals surface area (Å²) in [6, 6.07) is 0. The molecule has 0 unspecified atom stereocenters. The number of carbonyl (C=O) groups excluding carboxylic acids is 2. The number of hydrogen-bond donors (Lipinski definition) is 0. The van der Waals surface area contributed by atoms with Crippen molar-refractivity contribution in [3.63, 3.8) is 0 Å². The van der Waals surface area contributed by atoms with Crippen LogP contribution in [0.2, 0.25) is 0 Å². The number of carbonyl (C=O) groups is 2. The molecule has 5 heteroatoms. The highest BCUT2D eigenvalue weighted by Crippen LogP contribution is 2.62. The highest BCUT2D eigenvalue weighted by atomic mass is 16.8. The second-order valence-corrected chi connectivity index (χ2v) is 6.38. The number of Topliss-reactive ketones (excluding diaryl/α,β-unsaturated/α-hetero) is 1. The third-order valence-corrected chi connectivity index (χ3v) is 5.23. The van der Waals surface area contributed by atoms with Crippen molar-refractivity contribution in [2.24, 2.45) is 17.8 Å². The van der Waals surface area contributed by atoms with Gasteiger partial charge in [-0.25, -0.2) is 0 Å². The Balaban J connectivity index is 1.50. The van der Waals surface area contributed by atoms with E-state index in [0.29, 0.717) is 6.61 Å². The smallest absolute Gasteiger partial charge is 0.310 e. The van der Waals surface area contributed by atoms with Gasteiger partial charge in [0.1, 0.15) is 6.10 Å². The van der Waals surface area contributed by atoms with Gasteiger partial charge in [-0.1, -0.05) is 6.42 Å². The van der Waals surface area contributed by atoms with Gasteiger partial charge in [-0.05, 0) is 19.8 Å². The minimum atomic E-state index is -0.546. The Morgan fingerprint density at radius 2 is 2.05 bits per heavy atom. The summed E-state index contributed by atoms with van der Waals surface area (Å²) in [4.78, 5) is 24.2. The number of hydrogen-bond acceptors (Lipinski definition) is 5. The molecule has 4 aliphatic rings. The van der Waals surface area contributed by atoms with Gasteiger partial charge in [-0.2, -0.15) is 0 Å². The maximum Gasteiger partial charge on any atom is 0.310 e. The molecule has 0 bridgehead atoms. The summed E-state index contributed by atoms with van der Waals surface area (Å²) in [6.45, 7) is 2.14. The second kappa shape index (κ2) is 4.28. The quantitative estimate of drug-likeness (QED) is 0.716. The molecule has 5 atom stereocenters. The lowest BCUT2D eigenvalue weighted by Gasteiger charge is -2.32. The fourth-order valence-electron chi connectivity index (χ4n) is 4.30. The zero-order valence-electron chi connectivity index (χ0n) is 11.7. The van der Waals surface area contributed by atoms with Gasteiger partial charge in [0.15, 0.2) is 11.6 Å². The molecule has 0 radical (unpaired) electrons. The molecule has 20 heavy (non-hydrogen) atoms. The van der Waals surface area contributed by atoms with Crippen LogP contribution in [-0.4, -0.2) is 36.4 Å². The molecule has 1 aliphatic heterocycles. The molecule has 3 aliphatic carbocycles. The van der Waals surface area contributed by atoms with E-state index in [2.05, 4.69) is 0 Å². The highest BCUT2D eigenvalue weighted by molar-refractivity contribution is 5.99. The van der Waals surface area contributed by atoms with Crippen LogP contribution in [0, 0.1) is 17.8 Å². The van der Waals surface area contributed by atoms with E-state index in [4.69, 9.17) is 14.2 Å². The maximum atomic E-state index is 12.4. The molecule has 4 rings (SSSR count). The summed E-state index contributed by atoms with van der Waals surface area (Å²) >= 11 is 0. The minimum Gasteiger partial charge on any atom is -0.466 e. The lowest BCUT2D eigenvalue weighted by Crippen LogP contribution is -2.35. The predicted octanol–water partition coefficient (Wildman–Crippen LogP) is 1.44. The first-order valence-electron chi connectivity index (χ1n) is 7.73. The van der Waals surface area contributed by atoms with Gasteiger partial charge >= 0.3 is 5.97 Å². The Morgan fingerprint density at radius 3 is 2.75 bits per heavy atom. The van der Waals surface area contributed by atoms with Gasteiger partial charge in [0.25, 0.3) is 0 Å². The fraction of sp³-hybridized carbons (Fsp3) is 0.867. The predicted molar refractivity (Wildman–Crippen MR) is 67.7 cm³/mol. The number of ether oxygens (including phenoxy) is 3. The lowest BCUT2D eigenvalue weighted by molar-refractivity contribution is -0.199. The van der Waals surface area contributed by atoms with Gasteiger partial charge in [0.2, 0.25) is 0 Å². The van der Waals surface area contributed by atoms with Crippen molar-refractivity contribution in [1.82, 2.24) is 0 Å². The molecule has 1 saturated heterocycles. The van der Waals surface area contributed by atoms with E-state index in [1.807, 2.05) is 0 Å². The summed E-state index contributed by atoms with van der Waals surface area (Å²) in [5.41, 5.74) is 0. The first kappa shape index (κ1) is 12.8. The van der Waals surface area contributed by atoms with Crippen molar-refractivity contribution >= 4 is 11.8 Å². The van der Waals surface area contributed by atoms with Crippen LogP contribution in [0.3, 0.4) is 0 Å². The van der Waals surface area contributed by atoms with Crippen LogP contribution >= 0.6 is 0 Å². The Hall–Kier alpha value is -0.940. The van der Waals surface area contributed by atoms with Crippen LogP contribution in [0.15, 0.2) is 0 Å². The van der Waals surface area contributed by atoms with Crippen molar-refractivity contribution < 1.29 is 23.8 Å². The second-order valence-electron chi connectivity index (χ2n) is 6.38. The Bertz CT molecular complexity index is 453. The normalized spacial score (nSPS) is 44.2. The van der Waals surface area contributed by atoms with Crippen LogP contribution in [-0.2, 0) is 23.8 Å². The standard InChI is InChI=1S/C15H20O5/c1-2-18-14(17)10-8-9(10)12-13(11(8)16)20-15(19-12)6-4-3-5-7-15/h8-10,12-13H,2-7H2,1H3/t8-,9+,10+,12+,13-/m0/s1. The molecular weight excluding hydrogens is 260 g/mol. The number of esters is 1. The van der Waals surface area contributed by atoms with Crippen LogP contribution < -0.4 is 0 Å². The SMILES string of the molecule is CCOC(=O)[C@@H]1[C@H]2C(=O)[C@@H]3OC4(CCCCC4)O[C@@H]3[C@@H]12. The number of rotatable bonds is 2. The Kier molecular flexibility index (Phi) is 2.73. The molecule has 1 spiro atoms. The van der Waals surface area contributed by atoms with Crippen molar-refractivity contribution in [1.29, 1.82) is 0 Å². The zero-order chi connectivity index (χ0) is 13.9. The molecule has 0 aromatic carbocycles. The van der Waals surface area contributed by atoms with Crippen LogP contribution in [0.25, 0.3) is 0 Å². The summed E-state index contributed by atoms with van der Waals surface area (Å²) in [7, 11) is 0. The summed E-state index contributed by atoms with van der Waals surface area (Å²) in [5, 5.41) is 0. The average Bonchev–Trinajstić information content (AvgIpc) is 3.01. The summed E-state index contributed by atoms with van der Waals surface area (Å²) in [5.74, 6) is -1.25. The van der Waals surface area contributed by atoms with E-state index in [9.17, 15) is 9.59 Å². The van der Waals surface area contributed by atoms with Gasteiger partial charge in [-0.15, -0.1) is 0 Å². The van der Waals surface area contributed by atoms with E-state index in [0.717, 1.165) is 25.7 Å². The molecule has 1 heterocycles. The van der Waals surface area contributed by atoms with Gasteiger partial charge in [-0.3, -0.25) is 9.59 Å². The van der Waals surface area contributed by atoms with Crippen LogP contribution in [0.4, 0.5) is 0 Å². The first-order valence-corrected chi connectivity index (χ1v) is 7.73. The molecule has 0 N–H and O–H groups in total. The van der Waals surface area contributed by atoms with Gasteiger partial charge < -0.3 is 14.2 Å². The van der Waals surface area contributed by atoms with E-state index in [1.54, 1.807) is 6.92 Å². The molecule has 5 nitrogen and oxygen atoms in total. The average molecular weight is 280 g/mol. The van der Waals surface area contributed by atoms with Crippen molar-refractivity contribution in [3.8, 4) is 0 Å². The van der Waals surface area contributed by atoms with Gasteiger partial charge in [0, 0.05) is 24.7 Å².